The Morgan fingerprint density at radius 2 is 2.30 bits per heavy atom. The fourth-order valence-corrected chi connectivity index (χ4v) is 2.99. The first-order chi connectivity index (χ1) is 9.79. The zero-order valence-electron chi connectivity index (χ0n) is 11.3. The molecule has 0 fully saturated rings. The number of rotatable bonds is 7. The molecule has 0 unspecified atom stereocenters. The fourth-order valence-electron chi connectivity index (χ4n) is 1.72. The highest BCUT2D eigenvalue weighted by molar-refractivity contribution is 7.10. The maximum absolute atomic E-state index is 12.3. The Bertz CT molecular complexity index is 532. The van der Waals surface area contributed by atoms with Gasteiger partial charge in [-0.2, -0.15) is 11.3 Å². The Morgan fingerprint density at radius 3 is 2.95 bits per heavy atom. The summed E-state index contributed by atoms with van der Waals surface area (Å²) in [6, 6.07) is 6.01. The number of hydrogen-bond acceptors (Lipinski definition) is 4. The molecular weight excluding hydrogens is 290 g/mol. The van der Waals surface area contributed by atoms with Gasteiger partial charge in [-0.05, 0) is 39.9 Å². The van der Waals surface area contributed by atoms with E-state index in [1.54, 1.807) is 40.8 Å². The normalized spacial score (nSPS) is 11.1. The average molecular weight is 307 g/mol. The molecule has 0 saturated heterocycles. The summed E-state index contributed by atoms with van der Waals surface area (Å²) in [5, 5.41) is 6.09. The Kier molecular flexibility index (Phi) is 5.98. The van der Waals surface area contributed by atoms with Gasteiger partial charge < -0.3 is 9.64 Å². The van der Waals surface area contributed by atoms with Gasteiger partial charge in [0.15, 0.2) is 0 Å². The maximum atomic E-state index is 12.3. The molecule has 5 heteroatoms. The summed E-state index contributed by atoms with van der Waals surface area (Å²) < 4.78 is 5.08. The van der Waals surface area contributed by atoms with Gasteiger partial charge in [-0.3, -0.25) is 4.79 Å². The topological polar surface area (TPSA) is 29.5 Å². The third-order valence-corrected chi connectivity index (χ3v) is 4.33. The van der Waals surface area contributed by atoms with Crippen molar-refractivity contribution in [3.63, 3.8) is 0 Å². The molecule has 0 atom stereocenters. The molecule has 0 radical (unpaired) electrons. The highest BCUT2D eigenvalue weighted by Gasteiger charge is 2.11. The van der Waals surface area contributed by atoms with Crippen molar-refractivity contribution >= 4 is 34.7 Å². The van der Waals surface area contributed by atoms with Gasteiger partial charge in [-0.15, -0.1) is 11.3 Å². The molecular formula is C15H17NO2S2. The summed E-state index contributed by atoms with van der Waals surface area (Å²) in [7, 11) is 1.65. The summed E-state index contributed by atoms with van der Waals surface area (Å²) in [5.41, 5.74) is 1.16. The second-order valence-corrected chi connectivity index (χ2v) is 5.99. The standard InChI is InChI=1S/C15H17NO2S2/c1-18-8-7-16(11-13-6-10-19-12-13)15(17)5-4-14-3-2-9-20-14/h2-6,9-10,12H,7-8,11H2,1H3/b5-4+. The number of methoxy groups -OCH3 is 1. The Balaban J connectivity index is 1.99. The second-order valence-electron chi connectivity index (χ2n) is 4.23. The van der Waals surface area contributed by atoms with Gasteiger partial charge in [0.1, 0.15) is 0 Å². The molecule has 2 rings (SSSR count). The highest BCUT2D eigenvalue weighted by atomic mass is 32.1. The highest BCUT2D eigenvalue weighted by Crippen LogP contribution is 2.12. The third kappa shape index (κ3) is 4.59. The summed E-state index contributed by atoms with van der Waals surface area (Å²) in [5.74, 6) is 0.0154. The van der Waals surface area contributed by atoms with Crippen LogP contribution >= 0.6 is 22.7 Å². The van der Waals surface area contributed by atoms with Crippen molar-refractivity contribution in [2.45, 2.75) is 6.54 Å². The lowest BCUT2D eigenvalue weighted by Gasteiger charge is -2.20. The molecule has 2 heterocycles. The first kappa shape index (κ1) is 15.0. The molecule has 0 aliphatic rings. The lowest BCUT2D eigenvalue weighted by atomic mass is 10.3. The van der Waals surface area contributed by atoms with Gasteiger partial charge >= 0.3 is 0 Å². The fraction of sp³-hybridized carbons (Fsp3) is 0.267. The van der Waals surface area contributed by atoms with Crippen LogP contribution in [0.1, 0.15) is 10.4 Å². The van der Waals surface area contributed by atoms with Crippen LogP contribution in [0.15, 0.2) is 40.4 Å². The zero-order chi connectivity index (χ0) is 14.2. The molecule has 3 nitrogen and oxygen atoms in total. The van der Waals surface area contributed by atoms with Crippen LogP contribution in [0.3, 0.4) is 0 Å². The van der Waals surface area contributed by atoms with Crippen molar-refractivity contribution in [2.75, 3.05) is 20.3 Å². The van der Waals surface area contributed by atoms with Gasteiger partial charge in [-0.25, -0.2) is 0 Å². The monoisotopic (exact) mass is 307 g/mol. The average Bonchev–Trinajstić information content (AvgIpc) is 3.13. The van der Waals surface area contributed by atoms with Gasteiger partial charge in [0, 0.05) is 31.2 Å². The quantitative estimate of drug-likeness (QED) is 0.733. The van der Waals surface area contributed by atoms with Crippen LogP contribution < -0.4 is 0 Å². The number of ether oxygens (including phenoxy) is 1. The van der Waals surface area contributed by atoms with Gasteiger partial charge in [-0.1, -0.05) is 6.07 Å². The van der Waals surface area contributed by atoms with E-state index in [0.717, 1.165) is 10.4 Å². The minimum Gasteiger partial charge on any atom is -0.383 e. The molecule has 0 N–H and O–H groups in total. The predicted octanol–water partition coefficient (Wildman–Crippen LogP) is 3.50. The van der Waals surface area contributed by atoms with E-state index in [4.69, 9.17) is 4.74 Å². The van der Waals surface area contributed by atoms with E-state index in [2.05, 4.69) is 5.38 Å². The SMILES string of the molecule is COCCN(Cc1ccsc1)C(=O)/C=C/c1cccs1. The van der Waals surface area contributed by atoms with Gasteiger partial charge in [0.05, 0.1) is 6.61 Å². The number of thiophene rings is 2. The van der Waals surface area contributed by atoms with Crippen LogP contribution in [0, 0.1) is 0 Å². The molecule has 0 spiro atoms. The predicted molar refractivity (Wildman–Crippen MR) is 85.0 cm³/mol. The van der Waals surface area contributed by atoms with Crippen molar-refractivity contribution in [2.24, 2.45) is 0 Å². The van der Waals surface area contributed by atoms with Crippen LogP contribution in [0.2, 0.25) is 0 Å². The smallest absolute Gasteiger partial charge is 0.246 e. The first-order valence-electron chi connectivity index (χ1n) is 6.30. The second kappa shape index (κ2) is 7.99. The maximum Gasteiger partial charge on any atom is 0.246 e. The van der Waals surface area contributed by atoms with Crippen LogP contribution in [-0.4, -0.2) is 31.1 Å². The van der Waals surface area contributed by atoms with E-state index in [0.29, 0.717) is 19.7 Å². The zero-order valence-corrected chi connectivity index (χ0v) is 13.0. The number of hydrogen-bond donors (Lipinski definition) is 0. The van der Waals surface area contributed by atoms with Crippen molar-refractivity contribution in [1.82, 2.24) is 4.90 Å². The molecule has 0 saturated carbocycles. The van der Waals surface area contributed by atoms with Crippen molar-refractivity contribution in [3.8, 4) is 0 Å². The van der Waals surface area contributed by atoms with Gasteiger partial charge in [0.2, 0.25) is 5.91 Å². The summed E-state index contributed by atoms with van der Waals surface area (Å²) in [6.07, 6.45) is 3.49. The van der Waals surface area contributed by atoms with Crippen LogP contribution in [0.5, 0.6) is 0 Å². The molecule has 2 aromatic heterocycles. The molecule has 20 heavy (non-hydrogen) atoms. The van der Waals surface area contributed by atoms with E-state index in [-0.39, 0.29) is 5.91 Å². The number of nitrogens with zero attached hydrogens (tertiary/aromatic N) is 1. The molecule has 0 aromatic carbocycles. The van der Waals surface area contributed by atoms with E-state index in [9.17, 15) is 4.79 Å². The Hall–Kier alpha value is -1.43. The van der Waals surface area contributed by atoms with Crippen LogP contribution in [0.25, 0.3) is 6.08 Å². The lowest BCUT2D eigenvalue weighted by molar-refractivity contribution is -0.127. The molecule has 0 aliphatic carbocycles. The van der Waals surface area contributed by atoms with Crippen LogP contribution in [-0.2, 0) is 16.1 Å². The number of amides is 1. The van der Waals surface area contributed by atoms with Crippen molar-refractivity contribution in [3.05, 3.63) is 50.9 Å². The molecule has 0 bridgehead atoms. The molecule has 2 aromatic rings. The van der Waals surface area contributed by atoms with E-state index in [1.165, 1.54) is 0 Å². The molecule has 1 amide bonds. The Morgan fingerprint density at radius 1 is 1.40 bits per heavy atom. The minimum atomic E-state index is 0.0154. The van der Waals surface area contributed by atoms with Gasteiger partial charge in [0.25, 0.3) is 0 Å². The van der Waals surface area contributed by atoms with Crippen molar-refractivity contribution < 1.29 is 9.53 Å². The third-order valence-electron chi connectivity index (χ3n) is 2.76. The Labute approximate surface area is 127 Å². The van der Waals surface area contributed by atoms with E-state index in [1.807, 2.05) is 35.0 Å². The number of carbonyl (C=O) groups excluding carboxylic acids is 1. The molecule has 0 aliphatic heterocycles. The molecule has 106 valence electrons. The summed E-state index contributed by atoms with van der Waals surface area (Å²) >= 11 is 3.26. The summed E-state index contributed by atoms with van der Waals surface area (Å²) in [6.45, 7) is 1.77. The van der Waals surface area contributed by atoms with Crippen molar-refractivity contribution in [1.29, 1.82) is 0 Å². The number of carbonyl (C=O) groups is 1. The van der Waals surface area contributed by atoms with Crippen LogP contribution in [0.4, 0.5) is 0 Å². The van der Waals surface area contributed by atoms with E-state index < -0.39 is 0 Å². The van der Waals surface area contributed by atoms with E-state index >= 15 is 0 Å². The largest absolute Gasteiger partial charge is 0.383 e. The first-order valence-corrected chi connectivity index (χ1v) is 8.12. The minimum absolute atomic E-state index is 0.0154. The lowest BCUT2D eigenvalue weighted by Crippen LogP contribution is -2.31. The summed E-state index contributed by atoms with van der Waals surface area (Å²) in [4.78, 5) is 15.1.